The van der Waals surface area contributed by atoms with E-state index in [9.17, 15) is 9.90 Å². The molecule has 0 radical (unpaired) electrons. The van der Waals surface area contributed by atoms with Gasteiger partial charge >= 0.3 is 0 Å². The Hall–Kier alpha value is -2.99. The maximum Gasteiger partial charge on any atom is 0.278 e. The minimum absolute atomic E-state index is 0.0130. The number of alkyl halides is 1. The highest BCUT2D eigenvalue weighted by Crippen LogP contribution is 2.37. The minimum atomic E-state index is -0.210. The number of pyridine rings is 1. The van der Waals surface area contributed by atoms with E-state index in [1.807, 2.05) is 0 Å². The average Bonchev–Trinajstić information content (AvgIpc) is 3.28. The van der Waals surface area contributed by atoms with Gasteiger partial charge in [-0.15, -0.1) is 11.6 Å². The molecule has 29 heavy (non-hydrogen) atoms. The normalized spacial score (nSPS) is 17.9. The lowest BCUT2D eigenvalue weighted by atomic mass is 9.91. The highest BCUT2D eigenvalue weighted by molar-refractivity contribution is 6.19. The Morgan fingerprint density at radius 3 is 3.00 bits per heavy atom. The van der Waals surface area contributed by atoms with Gasteiger partial charge in [0, 0.05) is 47.7 Å². The largest absolute Gasteiger partial charge is 0.507 e. The van der Waals surface area contributed by atoms with Crippen LogP contribution in [0.15, 0.2) is 30.6 Å². The number of aromatic hydroxyl groups is 1. The molecule has 0 bridgehead atoms. The van der Waals surface area contributed by atoms with Gasteiger partial charge in [0.15, 0.2) is 0 Å². The van der Waals surface area contributed by atoms with Crippen LogP contribution in [0.2, 0.25) is 0 Å². The second-order valence-electron chi connectivity index (χ2n) is 7.76. The lowest BCUT2D eigenvalue weighted by Gasteiger charge is -2.18. The van der Waals surface area contributed by atoms with Crippen LogP contribution in [0.4, 0.5) is 11.4 Å². The summed E-state index contributed by atoms with van der Waals surface area (Å²) in [4.78, 5) is 19.5. The van der Waals surface area contributed by atoms with Crippen LogP contribution in [0, 0.1) is 0 Å². The van der Waals surface area contributed by atoms with Crippen molar-refractivity contribution in [3.05, 3.63) is 52.3 Å². The number of carbonyl (C=O) groups excluding carboxylic acids is 1. The molecule has 3 heterocycles. The number of imidazole rings is 1. The van der Waals surface area contributed by atoms with Crippen molar-refractivity contribution in [2.24, 2.45) is 0 Å². The molecule has 0 saturated carbocycles. The standard InChI is InChI=1S/C22H21ClN4O2/c1-12-3-2-4-15-18(28)7-17-21(20(12)15)13(8-23)9-27(17)22(29)16-11-26-10-14(24)5-6-19(26)25-16/h4-7,10-11,13,28H,2-3,8-9,24H2,1H3/t13-/m1/s1. The van der Waals surface area contributed by atoms with E-state index in [0.717, 1.165) is 34.5 Å². The molecule has 5 rings (SSSR count). The van der Waals surface area contributed by atoms with Crippen LogP contribution in [0.3, 0.4) is 0 Å². The number of hydrogen-bond acceptors (Lipinski definition) is 4. The molecule has 3 aromatic rings. The van der Waals surface area contributed by atoms with E-state index < -0.39 is 0 Å². The third kappa shape index (κ3) is 2.70. The van der Waals surface area contributed by atoms with E-state index in [2.05, 4.69) is 18.0 Å². The molecule has 0 spiro atoms. The van der Waals surface area contributed by atoms with Gasteiger partial charge in [-0.25, -0.2) is 4.98 Å². The number of amides is 1. The second kappa shape index (κ2) is 6.52. The van der Waals surface area contributed by atoms with Gasteiger partial charge < -0.3 is 20.1 Å². The zero-order valence-corrected chi connectivity index (χ0v) is 16.8. The van der Waals surface area contributed by atoms with Gasteiger partial charge in [0.25, 0.3) is 5.91 Å². The molecule has 0 fully saturated rings. The van der Waals surface area contributed by atoms with Crippen LogP contribution in [-0.2, 0) is 0 Å². The van der Waals surface area contributed by atoms with Crippen LogP contribution in [0.1, 0.15) is 41.7 Å². The van der Waals surface area contributed by atoms with Crippen LogP contribution in [0.5, 0.6) is 5.75 Å². The van der Waals surface area contributed by atoms with Crippen molar-refractivity contribution in [1.29, 1.82) is 0 Å². The highest BCUT2D eigenvalue weighted by atomic mass is 35.5. The molecular formula is C22H21ClN4O2. The number of phenols is 1. The number of phenolic OH excluding ortho intramolecular Hbond substituents is 1. The first-order chi connectivity index (χ1) is 14.0. The van der Waals surface area contributed by atoms with Crippen molar-refractivity contribution >= 4 is 46.2 Å². The molecular weight excluding hydrogens is 388 g/mol. The van der Waals surface area contributed by atoms with Crippen molar-refractivity contribution in [3.63, 3.8) is 0 Å². The Morgan fingerprint density at radius 2 is 2.21 bits per heavy atom. The summed E-state index contributed by atoms with van der Waals surface area (Å²) in [5.74, 6) is 0.411. The number of nitrogens with zero attached hydrogens (tertiary/aromatic N) is 3. The number of nitrogens with two attached hydrogens (primary N) is 1. The van der Waals surface area contributed by atoms with E-state index in [1.54, 1.807) is 39.9 Å². The minimum Gasteiger partial charge on any atom is -0.507 e. The number of fused-ring (bicyclic) bond motifs is 4. The number of benzene rings is 1. The summed E-state index contributed by atoms with van der Waals surface area (Å²) in [7, 11) is 0. The van der Waals surface area contributed by atoms with E-state index >= 15 is 0 Å². The van der Waals surface area contributed by atoms with E-state index in [1.165, 1.54) is 5.57 Å². The molecule has 7 heteroatoms. The van der Waals surface area contributed by atoms with Gasteiger partial charge in [0.05, 0.1) is 5.69 Å². The lowest BCUT2D eigenvalue weighted by molar-refractivity contribution is 0.0984. The molecule has 1 atom stereocenters. The van der Waals surface area contributed by atoms with Crippen LogP contribution in [-0.4, -0.2) is 32.8 Å². The molecule has 0 unspecified atom stereocenters. The Labute approximate surface area is 172 Å². The number of hydrogen-bond donors (Lipinski definition) is 2. The molecule has 1 aliphatic carbocycles. The van der Waals surface area contributed by atoms with Crippen LogP contribution < -0.4 is 21.1 Å². The van der Waals surface area contributed by atoms with Crippen LogP contribution in [0.25, 0.3) is 17.3 Å². The Bertz CT molecular complexity index is 1290. The maximum atomic E-state index is 13.4. The fourth-order valence-electron chi connectivity index (χ4n) is 4.53. The van der Waals surface area contributed by atoms with Crippen molar-refractivity contribution < 1.29 is 9.90 Å². The fourth-order valence-corrected chi connectivity index (χ4v) is 4.78. The van der Waals surface area contributed by atoms with E-state index in [0.29, 0.717) is 29.5 Å². The lowest BCUT2D eigenvalue weighted by Crippen LogP contribution is -2.34. The predicted octanol–water partition coefficient (Wildman–Crippen LogP) is 2.35. The second-order valence-corrected chi connectivity index (χ2v) is 8.07. The summed E-state index contributed by atoms with van der Waals surface area (Å²) in [6.07, 6.45) is 7.34. The summed E-state index contributed by atoms with van der Waals surface area (Å²) in [5.41, 5.74) is 10.4. The van der Waals surface area contributed by atoms with Crippen molar-refractivity contribution in [3.8, 4) is 5.75 Å². The zero-order valence-electron chi connectivity index (χ0n) is 16.0. The van der Waals surface area contributed by atoms with E-state index in [4.69, 9.17) is 17.3 Å². The Morgan fingerprint density at radius 1 is 1.38 bits per heavy atom. The SMILES string of the molecule is CC1=c2c3c(cc(O)c2=CCC1)N(C(=O)c1cn2cc(N)ccc2n1)C[C@H]3CCl. The van der Waals surface area contributed by atoms with Gasteiger partial charge in [0.2, 0.25) is 0 Å². The molecule has 3 N–H and O–H groups in total. The van der Waals surface area contributed by atoms with Crippen molar-refractivity contribution in [1.82, 2.24) is 9.38 Å². The molecule has 6 nitrogen and oxygen atoms in total. The topological polar surface area (TPSA) is 83.9 Å². The number of carbonyl (C=O) groups is 1. The van der Waals surface area contributed by atoms with Gasteiger partial charge in [-0.05, 0) is 42.7 Å². The molecule has 0 saturated heterocycles. The van der Waals surface area contributed by atoms with Gasteiger partial charge in [-0.3, -0.25) is 4.79 Å². The summed E-state index contributed by atoms with van der Waals surface area (Å²) >= 11 is 6.31. The van der Waals surface area contributed by atoms with Crippen LogP contribution >= 0.6 is 11.6 Å². The molecule has 1 aliphatic heterocycles. The Balaban J connectivity index is 1.67. The third-order valence-corrected chi connectivity index (χ3v) is 6.26. The summed E-state index contributed by atoms with van der Waals surface area (Å²) in [5, 5.41) is 12.6. The summed E-state index contributed by atoms with van der Waals surface area (Å²) < 4.78 is 1.75. The third-order valence-electron chi connectivity index (χ3n) is 5.89. The number of aromatic nitrogens is 2. The first-order valence-electron chi connectivity index (χ1n) is 9.66. The first kappa shape index (κ1) is 18.1. The van der Waals surface area contributed by atoms with Gasteiger partial charge in [-0.1, -0.05) is 11.6 Å². The molecule has 1 amide bonds. The molecule has 1 aromatic carbocycles. The monoisotopic (exact) mass is 408 g/mol. The summed E-state index contributed by atoms with van der Waals surface area (Å²) in [6.45, 7) is 2.56. The molecule has 2 aliphatic rings. The molecule has 2 aromatic heterocycles. The predicted molar refractivity (Wildman–Crippen MR) is 115 cm³/mol. The quantitative estimate of drug-likeness (QED) is 0.637. The average molecular weight is 409 g/mol. The highest BCUT2D eigenvalue weighted by Gasteiger charge is 2.35. The smallest absolute Gasteiger partial charge is 0.278 e. The van der Waals surface area contributed by atoms with E-state index in [-0.39, 0.29) is 17.6 Å². The number of rotatable bonds is 2. The first-order valence-corrected chi connectivity index (χ1v) is 10.2. The van der Waals surface area contributed by atoms with Crippen molar-refractivity contribution in [2.45, 2.75) is 25.7 Å². The van der Waals surface area contributed by atoms with Gasteiger partial charge in [0.1, 0.15) is 17.1 Å². The summed E-state index contributed by atoms with van der Waals surface area (Å²) in [6, 6.07) is 5.23. The van der Waals surface area contributed by atoms with Crippen molar-refractivity contribution in [2.75, 3.05) is 23.1 Å². The number of anilines is 2. The number of halogens is 1. The number of nitrogen functional groups attached to an aromatic ring is 1. The van der Waals surface area contributed by atoms with Gasteiger partial charge in [-0.2, -0.15) is 0 Å². The molecule has 148 valence electrons. The maximum absolute atomic E-state index is 13.4. The Kier molecular flexibility index (Phi) is 4.06. The zero-order chi connectivity index (χ0) is 20.3. The fraction of sp³-hybridized carbons (Fsp3) is 0.273.